The van der Waals surface area contributed by atoms with Gasteiger partial charge in [-0.1, -0.05) is 13.8 Å². The summed E-state index contributed by atoms with van der Waals surface area (Å²) >= 11 is 0. The molecule has 3 fully saturated rings. The van der Waals surface area contributed by atoms with Crippen LogP contribution in [-0.2, 0) is 23.9 Å². The first-order valence-corrected chi connectivity index (χ1v) is 13.4. The molecule has 1 amide bonds. The number of ether oxygens (including phenoxy) is 2. The summed E-state index contributed by atoms with van der Waals surface area (Å²) < 4.78 is 11.2. The Bertz CT molecular complexity index is 806. The van der Waals surface area contributed by atoms with Gasteiger partial charge in [0.25, 0.3) is 11.7 Å². The fourth-order valence-corrected chi connectivity index (χ4v) is 5.68. The van der Waals surface area contributed by atoms with E-state index in [1.54, 1.807) is 20.8 Å². The van der Waals surface area contributed by atoms with Gasteiger partial charge in [0.05, 0.1) is 18.3 Å². The molecule has 10 unspecified atom stereocenters. The van der Waals surface area contributed by atoms with Gasteiger partial charge in [0.1, 0.15) is 18.2 Å². The zero-order chi connectivity index (χ0) is 26.8. The van der Waals surface area contributed by atoms with Crippen LogP contribution in [0.2, 0.25) is 0 Å². The first-order valence-electron chi connectivity index (χ1n) is 13.4. The molecule has 10 heteroatoms. The molecule has 10 atom stereocenters. The summed E-state index contributed by atoms with van der Waals surface area (Å²) in [6, 6.07) is -0.929. The Labute approximate surface area is 212 Å². The molecule has 3 rings (SSSR count). The number of likely N-dealkylation sites (tertiary alicyclic amines) is 1. The number of aliphatic hydroxyl groups is 4. The second-order valence-electron chi connectivity index (χ2n) is 11.2. The SMILES string of the molecule is CC1CCC(C)C(O)(C(=O)C(=O)N2CCCCC2C(=O)OC(C)C(C)CC2CCC(O)C(O)C2O)O1. The molecular formula is C26H43NO9. The summed E-state index contributed by atoms with van der Waals surface area (Å²) in [5, 5.41) is 41.0. The molecule has 4 N–H and O–H groups in total. The molecule has 0 aromatic carbocycles. The summed E-state index contributed by atoms with van der Waals surface area (Å²) in [7, 11) is 0. The van der Waals surface area contributed by atoms with Crippen LogP contribution in [0.1, 0.15) is 79.1 Å². The number of nitrogens with zero attached hydrogens (tertiary/aromatic N) is 1. The zero-order valence-corrected chi connectivity index (χ0v) is 21.8. The number of carbonyl (C=O) groups is 3. The average Bonchev–Trinajstić information content (AvgIpc) is 2.85. The number of ketones is 1. The summed E-state index contributed by atoms with van der Waals surface area (Å²) in [4.78, 5) is 40.6. The van der Waals surface area contributed by atoms with E-state index in [2.05, 4.69) is 0 Å². The second kappa shape index (κ2) is 11.9. The molecule has 1 aliphatic carbocycles. The van der Waals surface area contributed by atoms with Crippen molar-refractivity contribution in [2.75, 3.05) is 6.54 Å². The van der Waals surface area contributed by atoms with Crippen LogP contribution in [-0.4, -0.2) is 91.9 Å². The Kier molecular flexibility index (Phi) is 9.54. The third kappa shape index (κ3) is 6.10. The van der Waals surface area contributed by atoms with E-state index in [4.69, 9.17) is 9.47 Å². The van der Waals surface area contributed by atoms with Crippen molar-refractivity contribution in [2.24, 2.45) is 17.8 Å². The van der Waals surface area contributed by atoms with Crippen LogP contribution in [0.4, 0.5) is 0 Å². The van der Waals surface area contributed by atoms with Gasteiger partial charge in [-0.05, 0) is 77.0 Å². The normalized spacial score (nSPS) is 39.2. The van der Waals surface area contributed by atoms with Gasteiger partial charge in [-0.3, -0.25) is 9.59 Å². The smallest absolute Gasteiger partial charge is 0.329 e. The molecule has 2 heterocycles. The van der Waals surface area contributed by atoms with Crippen LogP contribution < -0.4 is 0 Å². The molecular weight excluding hydrogens is 470 g/mol. The Morgan fingerprint density at radius 1 is 1.00 bits per heavy atom. The minimum atomic E-state index is -2.21. The summed E-state index contributed by atoms with van der Waals surface area (Å²) in [5.41, 5.74) is 0. The Balaban J connectivity index is 1.63. The number of hydrogen-bond donors (Lipinski definition) is 4. The van der Waals surface area contributed by atoms with Crippen LogP contribution in [0.3, 0.4) is 0 Å². The molecule has 10 nitrogen and oxygen atoms in total. The number of rotatable bonds is 7. The highest BCUT2D eigenvalue weighted by atomic mass is 16.6. The number of carbonyl (C=O) groups excluding carboxylic acids is 3. The van der Waals surface area contributed by atoms with Crippen molar-refractivity contribution in [1.29, 1.82) is 0 Å². The molecule has 0 aromatic heterocycles. The maximum absolute atomic E-state index is 13.2. The van der Waals surface area contributed by atoms with Gasteiger partial charge in [0.2, 0.25) is 5.79 Å². The maximum atomic E-state index is 13.2. The van der Waals surface area contributed by atoms with E-state index >= 15 is 0 Å². The summed E-state index contributed by atoms with van der Waals surface area (Å²) in [6.07, 6.45) is 0.275. The molecule has 3 aliphatic rings. The predicted octanol–water partition coefficient (Wildman–Crippen LogP) is 0.911. The lowest BCUT2D eigenvalue weighted by molar-refractivity contribution is -0.259. The largest absolute Gasteiger partial charge is 0.461 e. The molecule has 1 saturated carbocycles. The third-order valence-corrected chi connectivity index (χ3v) is 8.45. The van der Waals surface area contributed by atoms with E-state index in [0.29, 0.717) is 51.4 Å². The van der Waals surface area contributed by atoms with Crippen LogP contribution in [0.25, 0.3) is 0 Å². The lowest BCUT2D eigenvalue weighted by Gasteiger charge is -2.41. The van der Waals surface area contributed by atoms with E-state index in [1.165, 1.54) is 4.90 Å². The minimum absolute atomic E-state index is 0.149. The van der Waals surface area contributed by atoms with Crippen molar-refractivity contribution < 1.29 is 44.3 Å². The number of Topliss-reactive ketones (excluding diaryl/α,β-unsaturated/α-hetero) is 1. The highest BCUT2D eigenvalue weighted by Gasteiger charge is 2.52. The van der Waals surface area contributed by atoms with Crippen molar-refractivity contribution in [2.45, 2.75) is 121 Å². The topological polar surface area (TPSA) is 154 Å². The fourth-order valence-electron chi connectivity index (χ4n) is 5.68. The van der Waals surface area contributed by atoms with E-state index in [9.17, 15) is 34.8 Å². The standard InChI is InChI=1S/C26H43NO9/c1-14(13-18-10-11-20(28)22(30)21(18)29)17(4)35-25(33)19-7-5-6-12-27(19)24(32)23(31)26(34)15(2)8-9-16(3)36-26/h14-22,28-30,34H,5-13H2,1-4H3. The van der Waals surface area contributed by atoms with Crippen LogP contribution in [0.5, 0.6) is 0 Å². The third-order valence-electron chi connectivity index (χ3n) is 8.45. The van der Waals surface area contributed by atoms with Gasteiger partial charge in [0, 0.05) is 12.5 Å². The van der Waals surface area contributed by atoms with Crippen molar-refractivity contribution >= 4 is 17.7 Å². The number of esters is 1. The zero-order valence-electron chi connectivity index (χ0n) is 21.8. The number of amides is 1. The molecule has 0 spiro atoms. The predicted molar refractivity (Wildman–Crippen MR) is 128 cm³/mol. The highest BCUT2D eigenvalue weighted by Crippen LogP contribution is 2.35. The maximum Gasteiger partial charge on any atom is 0.329 e. The van der Waals surface area contributed by atoms with E-state index in [1.807, 2.05) is 6.92 Å². The fraction of sp³-hybridized carbons (Fsp3) is 0.885. The number of hydrogen-bond acceptors (Lipinski definition) is 9. The average molecular weight is 514 g/mol. The van der Waals surface area contributed by atoms with Gasteiger partial charge < -0.3 is 34.8 Å². The first kappa shape index (κ1) is 29.0. The van der Waals surface area contributed by atoms with E-state index in [-0.39, 0.29) is 24.5 Å². The van der Waals surface area contributed by atoms with Gasteiger partial charge in [-0.25, -0.2) is 4.79 Å². The Morgan fingerprint density at radius 2 is 1.69 bits per heavy atom. The molecule has 0 radical (unpaired) electrons. The first-order chi connectivity index (χ1) is 16.9. The molecule has 206 valence electrons. The van der Waals surface area contributed by atoms with Crippen molar-refractivity contribution in [1.82, 2.24) is 4.90 Å². The molecule has 0 bridgehead atoms. The lowest BCUT2D eigenvalue weighted by atomic mass is 9.77. The van der Waals surface area contributed by atoms with Crippen LogP contribution in [0.15, 0.2) is 0 Å². The van der Waals surface area contributed by atoms with Crippen molar-refractivity contribution in [3.63, 3.8) is 0 Å². The molecule has 2 saturated heterocycles. The monoisotopic (exact) mass is 513 g/mol. The second-order valence-corrected chi connectivity index (χ2v) is 11.2. The van der Waals surface area contributed by atoms with Crippen molar-refractivity contribution in [3.8, 4) is 0 Å². The lowest BCUT2D eigenvalue weighted by Crippen LogP contribution is -2.60. The summed E-state index contributed by atoms with van der Waals surface area (Å²) in [5.74, 6) is -5.71. The van der Waals surface area contributed by atoms with Crippen LogP contribution in [0, 0.1) is 17.8 Å². The molecule has 0 aromatic rings. The van der Waals surface area contributed by atoms with Gasteiger partial charge >= 0.3 is 5.97 Å². The Morgan fingerprint density at radius 3 is 2.39 bits per heavy atom. The summed E-state index contributed by atoms with van der Waals surface area (Å²) in [6.45, 7) is 7.25. The quantitative estimate of drug-likeness (QED) is 0.287. The van der Waals surface area contributed by atoms with Gasteiger partial charge in [-0.2, -0.15) is 0 Å². The molecule has 2 aliphatic heterocycles. The molecule has 36 heavy (non-hydrogen) atoms. The minimum Gasteiger partial charge on any atom is -0.461 e. The van der Waals surface area contributed by atoms with E-state index in [0.717, 1.165) is 0 Å². The van der Waals surface area contributed by atoms with Crippen LogP contribution >= 0.6 is 0 Å². The number of aliphatic hydroxyl groups excluding tert-OH is 3. The van der Waals surface area contributed by atoms with Gasteiger partial charge in [0.15, 0.2) is 0 Å². The number of piperidine rings is 1. The van der Waals surface area contributed by atoms with E-state index < -0.39 is 59.8 Å². The van der Waals surface area contributed by atoms with Crippen molar-refractivity contribution in [3.05, 3.63) is 0 Å². The Hall–Kier alpha value is -1.59. The van der Waals surface area contributed by atoms with Gasteiger partial charge in [-0.15, -0.1) is 0 Å². The highest BCUT2D eigenvalue weighted by molar-refractivity contribution is 6.39.